The molecular weight excluding hydrogens is 1440 g/mol. The van der Waals surface area contributed by atoms with Gasteiger partial charge in [0.1, 0.15) is 72.3 Å². The average molecular weight is 1520 g/mol. The molecule has 2 aliphatic carbocycles. The second kappa shape index (κ2) is 32.0. The van der Waals surface area contributed by atoms with Gasteiger partial charge in [0.15, 0.2) is 39.5 Å². The molecule has 14 aromatic heterocycles. The molecule has 0 bridgehead atoms. The number of alkyl halides is 6. The minimum atomic E-state index is -4.38. The first kappa shape index (κ1) is 76.1. The van der Waals surface area contributed by atoms with Crippen molar-refractivity contribution < 1.29 is 26.3 Å². The molecule has 548 valence electrons. The third kappa shape index (κ3) is 17.7. The molecule has 2 fully saturated rings. The fourth-order valence-corrected chi connectivity index (χ4v) is 11.8. The Morgan fingerprint density at radius 3 is 1.23 bits per heavy atom. The number of nitrogens with two attached hydrogens (primary N) is 7. The van der Waals surface area contributed by atoms with Crippen LogP contribution in [0.5, 0.6) is 0 Å². The first-order valence-corrected chi connectivity index (χ1v) is 34.0. The molecule has 0 aromatic carbocycles. The second-order valence-corrected chi connectivity index (χ2v) is 26.0. The summed E-state index contributed by atoms with van der Waals surface area (Å²) >= 11 is 23.0. The van der Waals surface area contributed by atoms with Crippen molar-refractivity contribution in [1.29, 1.82) is 0 Å². The van der Waals surface area contributed by atoms with Crippen molar-refractivity contribution in [3.8, 4) is 0 Å². The highest BCUT2D eigenvalue weighted by Crippen LogP contribution is 2.38. The molecule has 14 aromatic rings. The zero-order chi connectivity index (χ0) is 75.2. The molecule has 0 aliphatic heterocycles. The maximum Gasteiger partial charge on any atom is 0.406 e. The highest BCUT2D eigenvalue weighted by atomic mass is 35.5. The Kier molecular flexibility index (Phi) is 23.4. The summed E-state index contributed by atoms with van der Waals surface area (Å²) in [4.78, 5) is 58.1. The second-order valence-electron chi connectivity index (χ2n) is 24.4. The lowest BCUT2D eigenvalue weighted by atomic mass is 9.93. The number of allylic oxidation sites excluding steroid dienone is 1. The number of hydrogen-bond acceptors (Lipinski definition) is 21. The summed E-state index contributed by atoms with van der Waals surface area (Å²) < 4.78 is 85.0. The van der Waals surface area contributed by atoms with Gasteiger partial charge in [-0.05, 0) is 164 Å². The van der Waals surface area contributed by atoms with Crippen LogP contribution >= 0.6 is 46.4 Å². The molecule has 2 saturated carbocycles. The van der Waals surface area contributed by atoms with Crippen LogP contribution in [0.1, 0.15) is 101 Å². The number of anilines is 7. The van der Waals surface area contributed by atoms with E-state index in [1.807, 2.05) is 73.4 Å². The molecule has 2 aliphatic rings. The van der Waals surface area contributed by atoms with Gasteiger partial charge in [0.05, 0.1) is 0 Å². The number of nitrogen functional groups attached to an aromatic ring is 7. The molecule has 0 amide bonds. The summed E-state index contributed by atoms with van der Waals surface area (Å²) in [6.45, 7) is 14.5. The van der Waals surface area contributed by atoms with E-state index in [1.54, 1.807) is 54.0 Å². The van der Waals surface area contributed by atoms with E-state index >= 15 is 0 Å². The molecule has 0 saturated heterocycles. The van der Waals surface area contributed by atoms with E-state index < -0.39 is 25.4 Å². The van der Waals surface area contributed by atoms with Gasteiger partial charge in [0.25, 0.3) is 0 Å². The molecule has 0 atom stereocenters. The molecule has 14 heterocycles. The predicted octanol–water partition coefficient (Wildman–Crippen LogP) is 14.4. The molecule has 38 heteroatoms. The standard InChI is InChI=1S/2C11H14N4.2C9H11ClN4.C9H9ClN4.C9H9F3N4.C8H6ClF3N4/c1-7-5-6-13-10-9(7)14-11(12)15(10)8-3-2-4-8;1-7-5-6-9-10(13-7)15(11(12)14-9)8-3-2-4-8;1-5(2)14-8-6(12-9(14)11)3-4-7(10)13-8;2*1-2-5-14-8-6(12-9(14)11)3-4-7(10)13-8;1-5-2-3-6-7(14-5)16(8(13)15-6)4-9(10,11)12;9-5-2-1-4-6(15-5)16(7(13)14-4)3-8(10,11)12/h2*5-6,8H,2-4H2,1H3,(H2,12,14);3-5H,1-2H3,(H2,11,12);3-4H,2,5H2,1H3,(H2,11,12);2-4H,1,5H2,(H2,11,12);2-3H,4H2,1H3,(H2,13,15);1-2H,3H2,(H2,13,14). The number of hydrogen-bond donors (Lipinski definition) is 7. The summed E-state index contributed by atoms with van der Waals surface area (Å²) in [6, 6.07) is 23.9. The first-order valence-electron chi connectivity index (χ1n) is 32.5. The maximum atomic E-state index is 12.3. The third-order valence-corrected chi connectivity index (χ3v) is 17.2. The van der Waals surface area contributed by atoms with Crippen LogP contribution in [-0.4, -0.2) is 114 Å². The molecule has 14 N–H and O–H groups in total. The van der Waals surface area contributed by atoms with Crippen LogP contribution in [-0.2, 0) is 26.2 Å². The zero-order valence-electron chi connectivity index (χ0n) is 57.1. The van der Waals surface area contributed by atoms with Crippen LogP contribution < -0.4 is 40.1 Å². The van der Waals surface area contributed by atoms with Crippen molar-refractivity contribution in [3.63, 3.8) is 0 Å². The largest absolute Gasteiger partial charge is 0.406 e. The fraction of sp³-hybridized carbons (Fsp3) is 0.333. The van der Waals surface area contributed by atoms with Crippen LogP contribution in [0, 0.1) is 20.8 Å². The molecule has 0 radical (unpaired) electrons. The van der Waals surface area contributed by atoms with Gasteiger partial charge in [-0.2, -0.15) is 26.3 Å². The van der Waals surface area contributed by atoms with Gasteiger partial charge < -0.3 is 40.1 Å². The van der Waals surface area contributed by atoms with Crippen molar-refractivity contribution in [2.24, 2.45) is 0 Å². The molecule has 16 rings (SSSR count). The minimum Gasteiger partial charge on any atom is -0.369 e. The monoisotopic (exact) mass is 1510 g/mol. The summed E-state index contributed by atoms with van der Waals surface area (Å²) in [5, 5.41) is 1.45. The Labute approximate surface area is 609 Å². The lowest BCUT2D eigenvalue weighted by molar-refractivity contribution is -0.140. The SMILES string of the molecule is C=CCn1c(N)nc2ccc(Cl)nc21.CC(C)n1c(N)nc2ccc(Cl)nc21.CCCn1c(N)nc2ccc(Cl)nc21.Cc1ccc2nc(N)n(C3CCC3)c2n1.Cc1ccc2nc(N)n(CC(F)(F)F)c2n1.Cc1ccnc2c1nc(N)n2C1CCC1.Nc1nc2ccc(Cl)nc2n1CC(F)(F)F. The number of imidazole rings is 7. The quantitative estimate of drug-likeness (QED) is 0.0401. The topological polar surface area (TPSA) is 397 Å². The van der Waals surface area contributed by atoms with E-state index in [4.69, 9.17) is 86.5 Å². The van der Waals surface area contributed by atoms with Crippen LogP contribution in [0.25, 0.3) is 78.1 Å². The zero-order valence-corrected chi connectivity index (χ0v) is 60.1. The van der Waals surface area contributed by atoms with Crippen LogP contribution in [0.2, 0.25) is 20.6 Å². The van der Waals surface area contributed by atoms with E-state index in [0.29, 0.717) is 80.7 Å². The number of fused-ring (bicyclic) bond motifs is 7. The summed E-state index contributed by atoms with van der Waals surface area (Å²) in [7, 11) is 0. The van der Waals surface area contributed by atoms with E-state index in [2.05, 4.69) is 92.4 Å². The van der Waals surface area contributed by atoms with Crippen LogP contribution in [0.3, 0.4) is 0 Å². The predicted molar refractivity (Wildman–Crippen MR) is 397 cm³/mol. The lowest BCUT2D eigenvalue weighted by Gasteiger charge is -2.27. The third-order valence-electron chi connectivity index (χ3n) is 16.4. The van der Waals surface area contributed by atoms with E-state index in [1.165, 1.54) is 50.7 Å². The molecule has 28 nitrogen and oxygen atoms in total. The van der Waals surface area contributed by atoms with Crippen LogP contribution in [0.15, 0.2) is 97.7 Å². The molecule has 0 spiro atoms. The number of pyridine rings is 7. The Morgan fingerprint density at radius 1 is 0.442 bits per heavy atom. The van der Waals surface area contributed by atoms with Gasteiger partial charge in [0.2, 0.25) is 41.6 Å². The van der Waals surface area contributed by atoms with Crippen molar-refractivity contribution in [2.75, 3.05) is 40.1 Å². The summed E-state index contributed by atoms with van der Waals surface area (Å²) in [5.74, 6) is 2.20. The van der Waals surface area contributed by atoms with Gasteiger partial charge in [-0.3, -0.25) is 32.0 Å². The normalized spacial score (nSPS) is 13.1. The molecule has 0 unspecified atom stereocenters. The highest BCUT2D eigenvalue weighted by Gasteiger charge is 2.32. The molecular formula is C66H74Cl4F6N28. The first-order chi connectivity index (χ1) is 49.3. The van der Waals surface area contributed by atoms with Crippen LogP contribution in [0.4, 0.5) is 68.0 Å². The van der Waals surface area contributed by atoms with E-state index in [-0.39, 0.29) is 39.9 Å². The van der Waals surface area contributed by atoms with Gasteiger partial charge >= 0.3 is 12.4 Å². The van der Waals surface area contributed by atoms with Gasteiger partial charge in [-0.25, -0.2) is 69.8 Å². The van der Waals surface area contributed by atoms with Gasteiger partial charge in [-0.15, -0.1) is 6.58 Å². The number of rotatable bonds is 9. The van der Waals surface area contributed by atoms with Crippen molar-refractivity contribution in [1.82, 2.24) is 102 Å². The minimum absolute atomic E-state index is 0.0299. The van der Waals surface area contributed by atoms with Gasteiger partial charge in [0, 0.05) is 48.8 Å². The average Bonchev–Trinajstić information content (AvgIpc) is 1.61. The molecule has 104 heavy (non-hydrogen) atoms. The van der Waals surface area contributed by atoms with Crippen molar-refractivity contribution >= 4 is 166 Å². The fourth-order valence-electron chi connectivity index (χ4n) is 11.2. The van der Waals surface area contributed by atoms with E-state index in [9.17, 15) is 26.3 Å². The lowest BCUT2D eigenvalue weighted by Crippen LogP contribution is -2.19. The summed E-state index contributed by atoms with van der Waals surface area (Å²) in [6.07, 6.45) is 3.20. The Hall–Kier alpha value is -10.6. The Bertz CT molecular complexity index is 5260. The van der Waals surface area contributed by atoms with Crippen molar-refractivity contribution in [2.45, 2.75) is 143 Å². The Morgan fingerprint density at radius 2 is 0.798 bits per heavy atom. The number of halogens is 10. The number of aryl methyl sites for hydroxylation is 4. The Balaban J connectivity index is 0.000000130. The summed E-state index contributed by atoms with van der Waals surface area (Å²) in [5.41, 5.74) is 51.8. The maximum absolute atomic E-state index is 12.3. The highest BCUT2D eigenvalue weighted by molar-refractivity contribution is 6.30. The van der Waals surface area contributed by atoms with E-state index in [0.717, 1.165) is 83.5 Å². The van der Waals surface area contributed by atoms with Crippen molar-refractivity contribution in [3.05, 3.63) is 135 Å². The number of nitrogens with zero attached hydrogens (tertiary/aromatic N) is 21. The smallest absolute Gasteiger partial charge is 0.369 e. The number of aromatic nitrogens is 21. The van der Waals surface area contributed by atoms with Gasteiger partial charge in [-0.1, -0.05) is 59.4 Å².